The molecule has 1 aliphatic rings. The number of hydrogen-bond acceptors (Lipinski definition) is 6. The van der Waals surface area contributed by atoms with Crippen molar-refractivity contribution in [1.82, 2.24) is 14.5 Å². The number of anilines is 1. The second kappa shape index (κ2) is 9.30. The molecule has 0 N–H and O–H groups in total. The summed E-state index contributed by atoms with van der Waals surface area (Å²) < 4.78 is 13.0. The maximum atomic E-state index is 13.0. The smallest absolute Gasteiger partial charge is 0.289 e. The second-order valence-electron chi connectivity index (χ2n) is 7.21. The zero-order valence-electron chi connectivity index (χ0n) is 17.3. The van der Waals surface area contributed by atoms with E-state index in [4.69, 9.17) is 9.15 Å². The summed E-state index contributed by atoms with van der Waals surface area (Å²) in [4.78, 5) is 21.4. The van der Waals surface area contributed by atoms with Crippen LogP contribution in [-0.4, -0.2) is 53.6 Å². The number of benzene rings is 1. The predicted octanol–water partition coefficient (Wildman–Crippen LogP) is 3.67. The van der Waals surface area contributed by atoms with Crippen LogP contribution in [0, 0.1) is 0 Å². The zero-order valence-corrected chi connectivity index (χ0v) is 18.1. The van der Waals surface area contributed by atoms with E-state index in [-0.39, 0.29) is 5.91 Å². The number of imidazole rings is 1. The third kappa shape index (κ3) is 4.64. The molecule has 0 aliphatic carbocycles. The van der Waals surface area contributed by atoms with Crippen LogP contribution in [0.5, 0.6) is 5.75 Å². The Kier molecular flexibility index (Phi) is 6.32. The molecule has 2 aromatic heterocycles. The average molecular weight is 427 g/mol. The molecule has 1 aliphatic heterocycles. The Morgan fingerprint density at radius 3 is 2.70 bits per heavy atom. The molecular formula is C22H26N4O3S. The van der Waals surface area contributed by atoms with E-state index in [0.29, 0.717) is 18.1 Å². The van der Waals surface area contributed by atoms with Crippen molar-refractivity contribution in [3.05, 3.63) is 60.3 Å². The van der Waals surface area contributed by atoms with Crippen molar-refractivity contribution in [2.75, 3.05) is 38.2 Å². The first-order valence-electron chi connectivity index (χ1n) is 10.0. The number of aryl methyl sites for hydroxylation is 1. The van der Waals surface area contributed by atoms with E-state index in [9.17, 15) is 4.79 Å². The molecule has 1 aromatic carbocycles. The highest BCUT2D eigenvalue weighted by Crippen LogP contribution is 2.24. The standard InChI is InChI=1S/C22H26N4O3S/c1-24-13-10-23-22(24)30-16-19-8-9-20(29-19)21(27)26-12-3-11-25(14-15-26)17-4-6-18(28-2)7-5-17/h4-10,13H,3,11-12,14-16H2,1-2H3. The largest absolute Gasteiger partial charge is 0.497 e. The molecule has 3 aromatic rings. The van der Waals surface area contributed by atoms with Gasteiger partial charge in [0.1, 0.15) is 11.5 Å². The van der Waals surface area contributed by atoms with E-state index in [1.54, 1.807) is 31.1 Å². The predicted molar refractivity (Wildman–Crippen MR) is 117 cm³/mol. The maximum Gasteiger partial charge on any atom is 0.289 e. The Morgan fingerprint density at radius 1 is 1.13 bits per heavy atom. The molecule has 0 bridgehead atoms. The molecule has 8 heteroatoms. The molecular weight excluding hydrogens is 400 g/mol. The number of aromatic nitrogens is 2. The molecule has 7 nitrogen and oxygen atoms in total. The van der Waals surface area contributed by atoms with Gasteiger partial charge in [0.05, 0.1) is 12.9 Å². The first-order valence-corrected chi connectivity index (χ1v) is 11.0. The lowest BCUT2D eigenvalue weighted by Crippen LogP contribution is -2.35. The number of nitrogens with zero attached hydrogens (tertiary/aromatic N) is 4. The highest BCUT2D eigenvalue weighted by molar-refractivity contribution is 7.98. The van der Waals surface area contributed by atoms with Gasteiger partial charge in [-0.25, -0.2) is 4.98 Å². The van der Waals surface area contributed by atoms with Crippen LogP contribution in [0.2, 0.25) is 0 Å². The Labute approximate surface area is 180 Å². The summed E-state index contributed by atoms with van der Waals surface area (Å²) >= 11 is 1.59. The lowest BCUT2D eigenvalue weighted by molar-refractivity contribution is 0.0733. The third-order valence-corrected chi connectivity index (χ3v) is 6.29. The normalized spacial score (nSPS) is 14.6. The summed E-state index contributed by atoms with van der Waals surface area (Å²) in [5.74, 6) is 2.63. The van der Waals surface area contributed by atoms with Gasteiger partial charge in [0.2, 0.25) is 0 Å². The number of hydrogen-bond donors (Lipinski definition) is 0. The van der Waals surface area contributed by atoms with E-state index in [1.807, 2.05) is 40.9 Å². The van der Waals surface area contributed by atoms with Gasteiger partial charge in [0, 0.05) is 51.3 Å². The van der Waals surface area contributed by atoms with Gasteiger partial charge in [-0.05, 0) is 42.8 Å². The number of ether oxygens (including phenoxy) is 1. The van der Waals surface area contributed by atoms with Crippen LogP contribution in [0.25, 0.3) is 0 Å². The molecule has 0 radical (unpaired) electrons. The number of carbonyl (C=O) groups is 1. The summed E-state index contributed by atoms with van der Waals surface area (Å²) in [6, 6.07) is 11.7. The molecule has 1 fully saturated rings. The number of amides is 1. The first-order chi connectivity index (χ1) is 14.6. The van der Waals surface area contributed by atoms with Gasteiger partial charge in [-0.3, -0.25) is 4.79 Å². The van der Waals surface area contributed by atoms with E-state index in [1.165, 1.54) is 0 Å². The summed E-state index contributed by atoms with van der Waals surface area (Å²) in [7, 11) is 3.63. The molecule has 0 unspecified atom stereocenters. The molecule has 1 saturated heterocycles. The van der Waals surface area contributed by atoms with Crippen molar-refractivity contribution in [1.29, 1.82) is 0 Å². The average Bonchev–Trinajstić information content (AvgIpc) is 3.33. The lowest BCUT2D eigenvalue weighted by Gasteiger charge is -2.23. The van der Waals surface area contributed by atoms with E-state index < -0.39 is 0 Å². The number of methoxy groups -OCH3 is 1. The fraction of sp³-hybridized carbons (Fsp3) is 0.364. The Bertz CT molecular complexity index is 982. The summed E-state index contributed by atoms with van der Waals surface area (Å²) in [6.45, 7) is 3.10. The quantitative estimate of drug-likeness (QED) is 0.561. The topological polar surface area (TPSA) is 63.7 Å². The minimum Gasteiger partial charge on any atom is -0.497 e. The molecule has 0 saturated carbocycles. The van der Waals surface area contributed by atoms with E-state index in [0.717, 1.165) is 48.4 Å². The van der Waals surface area contributed by atoms with Crippen molar-refractivity contribution in [2.24, 2.45) is 7.05 Å². The van der Waals surface area contributed by atoms with Gasteiger partial charge < -0.3 is 23.5 Å². The van der Waals surface area contributed by atoms with Crippen LogP contribution in [0.4, 0.5) is 5.69 Å². The van der Waals surface area contributed by atoms with E-state index in [2.05, 4.69) is 22.0 Å². The minimum atomic E-state index is -0.0418. The van der Waals surface area contributed by atoms with Crippen molar-refractivity contribution < 1.29 is 13.9 Å². The Hall–Kier alpha value is -2.87. The molecule has 0 spiro atoms. The van der Waals surface area contributed by atoms with Gasteiger partial charge in [0.15, 0.2) is 10.9 Å². The number of thioether (sulfide) groups is 1. The monoisotopic (exact) mass is 426 g/mol. The molecule has 158 valence electrons. The maximum absolute atomic E-state index is 13.0. The van der Waals surface area contributed by atoms with Crippen LogP contribution in [0.15, 0.2) is 58.4 Å². The molecule has 0 atom stereocenters. The highest BCUT2D eigenvalue weighted by Gasteiger charge is 2.23. The number of furan rings is 1. The first kappa shape index (κ1) is 20.4. The fourth-order valence-electron chi connectivity index (χ4n) is 3.52. The van der Waals surface area contributed by atoms with Crippen molar-refractivity contribution in [2.45, 2.75) is 17.3 Å². The van der Waals surface area contributed by atoms with Crippen LogP contribution in [0.3, 0.4) is 0 Å². The van der Waals surface area contributed by atoms with Gasteiger partial charge in [-0.2, -0.15) is 0 Å². The summed E-state index contributed by atoms with van der Waals surface area (Å²) in [6.07, 6.45) is 4.60. The zero-order chi connectivity index (χ0) is 20.9. The number of carbonyl (C=O) groups excluding carboxylic acids is 1. The third-order valence-electron chi connectivity index (χ3n) is 5.21. The van der Waals surface area contributed by atoms with Crippen LogP contribution in [-0.2, 0) is 12.8 Å². The van der Waals surface area contributed by atoms with Crippen molar-refractivity contribution in [3.8, 4) is 5.75 Å². The molecule has 30 heavy (non-hydrogen) atoms. The summed E-state index contributed by atoms with van der Waals surface area (Å²) in [5, 5.41) is 0.922. The van der Waals surface area contributed by atoms with Gasteiger partial charge >= 0.3 is 0 Å². The second-order valence-corrected chi connectivity index (χ2v) is 8.15. The minimum absolute atomic E-state index is 0.0418. The number of rotatable bonds is 6. The van der Waals surface area contributed by atoms with Crippen LogP contribution >= 0.6 is 11.8 Å². The van der Waals surface area contributed by atoms with Gasteiger partial charge in [0.25, 0.3) is 5.91 Å². The van der Waals surface area contributed by atoms with Crippen LogP contribution in [0.1, 0.15) is 22.7 Å². The Morgan fingerprint density at radius 2 is 1.97 bits per heavy atom. The summed E-state index contributed by atoms with van der Waals surface area (Å²) in [5.41, 5.74) is 1.15. The molecule has 1 amide bonds. The van der Waals surface area contributed by atoms with Crippen molar-refractivity contribution >= 4 is 23.4 Å². The highest BCUT2D eigenvalue weighted by atomic mass is 32.2. The van der Waals surface area contributed by atoms with Gasteiger partial charge in [-0.15, -0.1) is 0 Å². The van der Waals surface area contributed by atoms with E-state index >= 15 is 0 Å². The fourth-order valence-corrected chi connectivity index (χ4v) is 4.35. The molecule has 4 rings (SSSR count). The molecule has 3 heterocycles. The SMILES string of the molecule is COc1ccc(N2CCCN(C(=O)c3ccc(CSc4nccn4C)o3)CC2)cc1. The van der Waals surface area contributed by atoms with Crippen LogP contribution < -0.4 is 9.64 Å². The van der Waals surface area contributed by atoms with Crippen molar-refractivity contribution in [3.63, 3.8) is 0 Å². The Balaban J connectivity index is 1.34. The van der Waals surface area contributed by atoms with Gasteiger partial charge in [-0.1, -0.05) is 11.8 Å². The lowest BCUT2D eigenvalue weighted by atomic mass is 10.2.